The van der Waals surface area contributed by atoms with E-state index in [0.29, 0.717) is 6.42 Å². The number of aromatic nitrogens is 1. The number of amides is 1. The summed E-state index contributed by atoms with van der Waals surface area (Å²) >= 11 is 0. The molecular weight excluding hydrogens is 166 g/mol. The van der Waals surface area contributed by atoms with Gasteiger partial charge in [0.05, 0.1) is 0 Å². The maximum Gasteiger partial charge on any atom is 0.233 e. The fraction of sp³-hybridized carbons (Fsp3) is 0.333. The Morgan fingerprint density at radius 2 is 2.46 bits per heavy atom. The van der Waals surface area contributed by atoms with Crippen LogP contribution >= 0.6 is 0 Å². The number of carbonyl (C=O) groups excluding carboxylic acids is 1. The molecule has 3 N–H and O–H groups in total. The van der Waals surface area contributed by atoms with Crippen LogP contribution in [0.15, 0.2) is 24.5 Å². The van der Waals surface area contributed by atoms with Crippen LogP contribution in [0, 0.1) is 0 Å². The number of rotatable bonds is 4. The van der Waals surface area contributed by atoms with Gasteiger partial charge in [-0.25, -0.2) is 5.84 Å². The van der Waals surface area contributed by atoms with Crippen LogP contribution in [0.4, 0.5) is 0 Å². The maximum absolute atomic E-state index is 10.8. The van der Waals surface area contributed by atoms with Crippen molar-refractivity contribution in [2.75, 3.05) is 0 Å². The van der Waals surface area contributed by atoms with Crippen LogP contribution < -0.4 is 11.3 Å². The van der Waals surface area contributed by atoms with Crippen molar-refractivity contribution in [1.82, 2.24) is 10.4 Å². The smallest absolute Gasteiger partial charge is 0.233 e. The van der Waals surface area contributed by atoms with Crippen molar-refractivity contribution in [3.05, 3.63) is 30.1 Å². The van der Waals surface area contributed by atoms with Gasteiger partial charge in [-0.1, -0.05) is 6.07 Å². The lowest BCUT2D eigenvalue weighted by Crippen LogP contribution is -2.29. The summed E-state index contributed by atoms with van der Waals surface area (Å²) < 4.78 is 0. The Morgan fingerprint density at radius 1 is 1.62 bits per heavy atom. The number of pyridine rings is 1. The molecule has 70 valence electrons. The number of hydrogen-bond donors (Lipinski definition) is 2. The molecule has 0 saturated carbocycles. The van der Waals surface area contributed by atoms with E-state index in [2.05, 4.69) is 10.4 Å². The second kappa shape index (κ2) is 5.27. The Labute approximate surface area is 77.1 Å². The molecule has 0 fully saturated rings. The van der Waals surface area contributed by atoms with E-state index in [4.69, 9.17) is 5.84 Å². The zero-order valence-electron chi connectivity index (χ0n) is 7.36. The van der Waals surface area contributed by atoms with Crippen molar-refractivity contribution in [2.45, 2.75) is 19.3 Å². The van der Waals surface area contributed by atoms with E-state index in [-0.39, 0.29) is 5.91 Å². The molecule has 0 aromatic carbocycles. The zero-order valence-corrected chi connectivity index (χ0v) is 7.36. The second-order valence-electron chi connectivity index (χ2n) is 2.78. The lowest BCUT2D eigenvalue weighted by Gasteiger charge is -1.99. The molecular formula is C9H13N3O. The third-order valence-corrected chi connectivity index (χ3v) is 1.75. The fourth-order valence-corrected chi connectivity index (χ4v) is 1.07. The molecule has 13 heavy (non-hydrogen) atoms. The molecule has 0 aliphatic heterocycles. The van der Waals surface area contributed by atoms with E-state index in [1.54, 1.807) is 12.4 Å². The summed E-state index contributed by atoms with van der Waals surface area (Å²) in [6.45, 7) is 0. The van der Waals surface area contributed by atoms with Gasteiger partial charge in [0.1, 0.15) is 0 Å². The fourth-order valence-electron chi connectivity index (χ4n) is 1.07. The lowest BCUT2D eigenvalue weighted by atomic mass is 10.1. The third-order valence-electron chi connectivity index (χ3n) is 1.75. The van der Waals surface area contributed by atoms with E-state index >= 15 is 0 Å². The Morgan fingerprint density at radius 3 is 3.08 bits per heavy atom. The average molecular weight is 179 g/mol. The number of aryl methyl sites for hydroxylation is 1. The van der Waals surface area contributed by atoms with Crippen LogP contribution in [0.25, 0.3) is 0 Å². The third kappa shape index (κ3) is 3.66. The SMILES string of the molecule is NNC(=O)CCCc1cccnc1. The monoisotopic (exact) mass is 179 g/mol. The van der Waals surface area contributed by atoms with Crippen molar-refractivity contribution in [1.29, 1.82) is 0 Å². The number of nitrogens with one attached hydrogen (secondary N) is 1. The highest BCUT2D eigenvalue weighted by Gasteiger charge is 1.98. The van der Waals surface area contributed by atoms with Gasteiger partial charge in [0.15, 0.2) is 0 Å². The molecule has 0 radical (unpaired) electrons. The van der Waals surface area contributed by atoms with Gasteiger partial charge < -0.3 is 0 Å². The minimum Gasteiger partial charge on any atom is -0.294 e. The molecule has 0 aliphatic carbocycles. The number of carbonyl (C=O) groups is 1. The quantitative estimate of drug-likeness (QED) is 0.399. The van der Waals surface area contributed by atoms with Gasteiger partial charge in [0, 0.05) is 18.8 Å². The summed E-state index contributed by atoms with van der Waals surface area (Å²) in [7, 11) is 0. The van der Waals surface area contributed by atoms with Crippen molar-refractivity contribution in [2.24, 2.45) is 5.84 Å². The summed E-state index contributed by atoms with van der Waals surface area (Å²) in [5.41, 5.74) is 3.24. The minimum absolute atomic E-state index is 0.121. The standard InChI is InChI=1S/C9H13N3O/c10-12-9(13)5-1-3-8-4-2-6-11-7-8/h2,4,6-7H,1,3,5,10H2,(H,12,13). The largest absolute Gasteiger partial charge is 0.294 e. The molecule has 0 atom stereocenters. The Hall–Kier alpha value is -1.42. The number of hydrogen-bond acceptors (Lipinski definition) is 3. The molecule has 0 spiro atoms. The van der Waals surface area contributed by atoms with Crippen molar-refractivity contribution in [3.63, 3.8) is 0 Å². The van der Waals surface area contributed by atoms with Gasteiger partial charge in [-0.2, -0.15) is 0 Å². The van der Waals surface area contributed by atoms with Crippen LogP contribution in [-0.2, 0) is 11.2 Å². The van der Waals surface area contributed by atoms with E-state index < -0.39 is 0 Å². The summed E-state index contributed by atoms with van der Waals surface area (Å²) in [5.74, 6) is 4.82. The van der Waals surface area contributed by atoms with Gasteiger partial charge >= 0.3 is 0 Å². The van der Waals surface area contributed by atoms with E-state index in [1.807, 2.05) is 12.1 Å². The van der Waals surface area contributed by atoms with Crippen LogP contribution in [0.3, 0.4) is 0 Å². The predicted molar refractivity (Wildman–Crippen MR) is 49.5 cm³/mol. The first-order chi connectivity index (χ1) is 6.33. The topological polar surface area (TPSA) is 68.0 Å². The predicted octanol–water partition coefficient (Wildman–Crippen LogP) is 0.394. The number of nitrogens with two attached hydrogens (primary N) is 1. The molecule has 1 rings (SSSR count). The number of nitrogens with zero attached hydrogens (tertiary/aromatic N) is 1. The van der Waals surface area contributed by atoms with Crippen molar-refractivity contribution in [3.8, 4) is 0 Å². The molecule has 0 bridgehead atoms. The summed E-state index contributed by atoms with van der Waals surface area (Å²) in [5, 5.41) is 0. The maximum atomic E-state index is 10.8. The normalized spacial score (nSPS) is 9.62. The lowest BCUT2D eigenvalue weighted by molar-refractivity contribution is -0.121. The van der Waals surface area contributed by atoms with Crippen molar-refractivity contribution >= 4 is 5.91 Å². The summed E-state index contributed by atoms with van der Waals surface area (Å²) in [6.07, 6.45) is 5.66. The summed E-state index contributed by atoms with van der Waals surface area (Å²) in [6, 6.07) is 3.88. The van der Waals surface area contributed by atoms with Gasteiger partial charge in [-0.15, -0.1) is 0 Å². The van der Waals surface area contributed by atoms with Gasteiger partial charge in [-0.3, -0.25) is 15.2 Å². The molecule has 1 heterocycles. The highest BCUT2D eigenvalue weighted by molar-refractivity contribution is 5.75. The molecule has 4 nitrogen and oxygen atoms in total. The molecule has 1 amide bonds. The molecule has 0 aliphatic rings. The first-order valence-electron chi connectivity index (χ1n) is 4.21. The molecule has 4 heteroatoms. The number of hydrazine groups is 1. The van der Waals surface area contributed by atoms with E-state index in [1.165, 1.54) is 0 Å². The Balaban J connectivity index is 2.24. The first kappa shape index (κ1) is 9.67. The highest BCUT2D eigenvalue weighted by atomic mass is 16.2. The molecule has 1 aromatic rings. The Bertz CT molecular complexity index is 261. The molecule has 0 saturated heterocycles. The minimum atomic E-state index is -0.121. The van der Waals surface area contributed by atoms with E-state index in [9.17, 15) is 4.79 Å². The summed E-state index contributed by atoms with van der Waals surface area (Å²) in [4.78, 5) is 14.7. The van der Waals surface area contributed by atoms with Crippen LogP contribution in [0.1, 0.15) is 18.4 Å². The van der Waals surface area contributed by atoms with Crippen molar-refractivity contribution < 1.29 is 4.79 Å². The van der Waals surface area contributed by atoms with Crippen LogP contribution in [0.2, 0.25) is 0 Å². The van der Waals surface area contributed by atoms with E-state index in [0.717, 1.165) is 18.4 Å². The zero-order chi connectivity index (χ0) is 9.52. The molecule has 0 unspecified atom stereocenters. The van der Waals surface area contributed by atoms with Crippen LogP contribution in [0.5, 0.6) is 0 Å². The Kier molecular flexibility index (Phi) is 3.92. The van der Waals surface area contributed by atoms with Gasteiger partial charge in [0.2, 0.25) is 5.91 Å². The average Bonchev–Trinajstić information content (AvgIpc) is 2.19. The highest BCUT2D eigenvalue weighted by Crippen LogP contribution is 2.02. The van der Waals surface area contributed by atoms with Gasteiger partial charge in [0.25, 0.3) is 0 Å². The van der Waals surface area contributed by atoms with Crippen LogP contribution in [-0.4, -0.2) is 10.9 Å². The molecule has 1 aromatic heterocycles. The second-order valence-corrected chi connectivity index (χ2v) is 2.78. The first-order valence-corrected chi connectivity index (χ1v) is 4.21. The van der Waals surface area contributed by atoms with Gasteiger partial charge in [-0.05, 0) is 24.5 Å².